The molecule has 2 aliphatic heterocycles. The first-order valence-corrected chi connectivity index (χ1v) is 12.8. The predicted molar refractivity (Wildman–Crippen MR) is 133 cm³/mol. The van der Waals surface area contributed by atoms with Crippen molar-refractivity contribution in [3.05, 3.63) is 40.3 Å². The van der Waals surface area contributed by atoms with Gasteiger partial charge in [0, 0.05) is 50.7 Å². The lowest BCUT2D eigenvalue weighted by molar-refractivity contribution is -0.136. The fourth-order valence-electron chi connectivity index (χ4n) is 5.07. The van der Waals surface area contributed by atoms with E-state index in [1.807, 2.05) is 23.1 Å². The van der Waals surface area contributed by atoms with Crippen LogP contribution in [0, 0.1) is 0 Å². The molecule has 0 bridgehead atoms. The second-order valence-electron chi connectivity index (χ2n) is 9.63. The molecular weight excluding hydrogens is 430 g/mol. The third kappa shape index (κ3) is 5.32. The molecule has 0 radical (unpaired) electrons. The van der Waals surface area contributed by atoms with Gasteiger partial charge in [-0.1, -0.05) is 38.0 Å². The molecule has 1 aromatic heterocycles. The third-order valence-electron chi connectivity index (χ3n) is 7.19. The van der Waals surface area contributed by atoms with Crippen molar-refractivity contribution < 1.29 is 9.59 Å². The number of carbonyl (C=O) groups excluding carboxylic acids is 2. The van der Waals surface area contributed by atoms with Crippen LogP contribution in [0.4, 0.5) is 0 Å². The SMILES string of the molecule is CCCCCn1nc(C(=O)N2CCN(CC(=O)N3CCCCC3C)CC2)c2ccccc2c1=O. The molecule has 8 nitrogen and oxygen atoms in total. The Labute approximate surface area is 201 Å². The topological polar surface area (TPSA) is 78.8 Å². The number of nitrogens with zero attached hydrogens (tertiary/aromatic N) is 5. The van der Waals surface area contributed by atoms with Crippen LogP contribution >= 0.6 is 0 Å². The first kappa shape index (κ1) is 24.4. The molecule has 2 saturated heterocycles. The molecule has 2 aliphatic rings. The van der Waals surface area contributed by atoms with Gasteiger partial charge in [-0.05, 0) is 38.7 Å². The van der Waals surface area contributed by atoms with Crippen LogP contribution in [0.15, 0.2) is 29.1 Å². The van der Waals surface area contributed by atoms with Crippen molar-refractivity contribution in [3.63, 3.8) is 0 Å². The second kappa shape index (κ2) is 11.1. The Balaban J connectivity index is 1.44. The Morgan fingerprint density at radius 2 is 1.74 bits per heavy atom. The summed E-state index contributed by atoms with van der Waals surface area (Å²) in [5, 5.41) is 5.67. The van der Waals surface area contributed by atoms with E-state index in [1.54, 1.807) is 11.0 Å². The van der Waals surface area contributed by atoms with Gasteiger partial charge in [-0.25, -0.2) is 4.68 Å². The molecule has 1 atom stereocenters. The summed E-state index contributed by atoms with van der Waals surface area (Å²) in [6.07, 6.45) is 6.28. The van der Waals surface area contributed by atoms with Gasteiger partial charge >= 0.3 is 0 Å². The molecule has 3 heterocycles. The number of aromatic nitrogens is 2. The summed E-state index contributed by atoms with van der Waals surface area (Å²) in [6, 6.07) is 7.57. The summed E-state index contributed by atoms with van der Waals surface area (Å²) >= 11 is 0. The van der Waals surface area contributed by atoms with Gasteiger partial charge < -0.3 is 9.80 Å². The summed E-state index contributed by atoms with van der Waals surface area (Å²) in [7, 11) is 0. The third-order valence-corrected chi connectivity index (χ3v) is 7.19. The van der Waals surface area contributed by atoms with E-state index in [0.717, 1.165) is 38.6 Å². The van der Waals surface area contributed by atoms with Crippen molar-refractivity contribution in [3.8, 4) is 0 Å². The van der Waals surface area contributed by atoms with E-state index >= 15 is 0 Å². The van der Waals surface area contributed by atoms with Gasteiger partial charge in [-0.15, -0.1) is 0 Å². The molecule has 0 spiro atoms. The predicted octanol–water partition coefficient (Wildman–Crippen LogP) is 2.75. The van der Waals surface area contributed by atoms with Crippen LogP contribution in [-0.2, 0) is 11.3 Å². The first-order chi connectivity index (χ1) is 16.5. The van der Waals surface area contributed by atoms with Crippen LogP contribution in [0.1, 0.15) is 62.9 Å². The Kier molecular flexibility index (Phi) is 7.98. The van der Waals surface area contributed by atoms with E-state index in [0.29, 0.717) is 61.8 Å². The van der Waals surface area contributed by atoms with E-state index < -0.39 is 0 Å². The van der Waals surface area contributed by atoms with Crippen molar-refractivity contribution in [1.29, 1.82) is 0 Å². The number of unbranched alkanes of at least 4 members (excludes halogenated alkanes) is 2. The summed E-state index contributed by atoms with van der Waals surface area (Å²) in [4.78, 5) is 45.1. The van der Waals surface area contributed by atoms with Gasteiger partial charge in [0.15, 0.2) is 5.69 Å². The van der Waals surface area contributed by atoms with E-state index in [4.69, 9.17) is 0 Å². The molecule has 0 aliphatic carbocycles. The molecular formula is C26H37N5O3. The minimum absolute atomic E-state index is 0.140. The minimum Gasteiger partial charge on any atom is -0.339 e. The van der Waals surface area contributed by atoms with Gasteiger partial charge in [-0.2, -0.15) is 5.10 Å². The Hall–Kier alpha value is -2.74. The van der Waals surface area contributed by atoms with E-state index in [-0.39, 0.29) is 17.4 Å². The number of piperidine rings is 1. The maximum atomic E-state index is 13.5. The molecule has 0 N–H and O–H groups in total. The molecule has 184 valence electrons. The number of aryl methyl sites for hydroxylation is 1. The summed E-state index contributed by atoms with van der Waals surface area (Å²) < 4.78 is 1.46. The van der Waals surface area contributed by atoms with Crippen molar-refractivity contribution in [2.24, 2.45) is 0 Å². The molecule has 2 aromatic rings. The fourth-order valence-corrected chi connectivity index (χ4v) is 5.07. The van der Waals surface area contributed by atoms with Crippen LogP contribution in [0.3, 0.4) is 0 Å². The fraction of sp³-hybridized carbons (Fsp3) is 0.615. The normalized spacial score (nSPS) is 19.5. The van der Waals surface area contributed by atoms with Crippen LogP contribution in [0.2, 0.25) is 0 Å². The van der Waals surface area contributed by atoms with Crippen LogP contribution in [0.5, 0.6) is 0 Å². The quantitative estimate of drug-likeness (QED) is 0.585. The van der Waals surface area contributed by atoms with Gasteiger partial charge in [-0.3, -0.25) is 19.3 Å². The van der Waals surface area contributed by atoms with Crippen molar-refractivity contribution in [2.45, 2.75) is 65.0 Å². The maximum Gasteiger partial charge on any atom is 0.275 e. The molecule has 2 amide bonds. The van der Waals surface area contributed by atoms with E-state index in [1.165, 1.54) is 11.1 Å². The number of rotatable bonds is 7. The van der Waals surface area contributed by atoms with Gasteiger partial charge in [0.25, 0.3) is 11.5 Å². The van der Waals surface area contributed by atoms with Gasteiger partial charge in [0.05, 0.1) is 11.9 Å². The van der Waals surface area contributed by atoms with Crippen LogP contribution in [0.25, 0.3) is 10.8 Å². The zero-order chi connectivity index (χ0) is 24.1. The maximum absolute atomic E-state index is 13.5. The average Bonchev–Trinajstić information content (AvgIpc) is 2.86. The van der Waals surface area contributed by atoms with Crippen LogP contribution in [-0.4, -0.2) is 81.6 Å². The number of hydrogen-bond acceptors (Lipinski definition) is 5. The lowest BCUT2D eigenvalue weighted by atomic mass is 10.0. The van der Waals surface area contributed by atoms with Gasteiger partial charge in [0.1, 0.15) is 0 Å². The number of amides is 2. The second-order valence-corrected chi connectivity index (χ2v) is 9.63. The molecule has 34 heavy (non-hydrogen) atoms. The summed E-state index contributed by atoms with van der Waals surface area (Å²) in [5.41, 5.74) is 0.205. The highest BCUT2D eigenvalue weighted by Gasteiger charge is 2.29. The lowest BCUT2D eigenvalue weighted by Gasteiger charge is -2.38. The number of piperazine rings is 1. The first-order valence-electron chi connectivity index (χ1n) is 12.8. The van der Waals surface area contributed by atoms with Crippen molar-refractivity contribution >= 4 is 22.6 Å². The highest BCUT2D eigenvalue weighted by Crippen LogP contribution is 2.19. The van der Waals surface area contributed by atoms with Crippen molar-refractivity contribution in [2.75, 3.05) is 39.3 Å². The van der Waals surface area contributed by atoms with Gasteiger partial charge in [0.2, 0.25) is 5.91 Å². The molecule has 2 fully saturated rings. The van der Waals surface area contributed by atoms with Crippen LogP contribution < -0.4 is 5.56 Å². The largest absolute Gasteiger partial charge is 0.339 e. The Morgan fingerprint density at radius 3 is 2.44 bits per heavy atom. The highest BCUT2D eigenvalue weighted by atomic mass is 16.2. The Morgan fingerprint density at radius 1 is 1.00 bits per heavy atom. The molecule has 1 aromatic carbocycles. The van der Waals surface area contributed by atoms with E-state index in [2.05, 4.69) is 23.8 Å². The monoisotopic (exact) mass is 467 g/mol. The number of benzene rings is 1. The number of hydrogen-bond donors (Lipinski definition) is 0. The number of carbonyl (C=O) groups is 2. The summed E-state index contributed by atoms with van der Waals surface area (Å²) in [5.74, 6) is 0.0508. The molecule has 4 rings (SSSR count). The van der Waals surface area contributed by atoms with Crippen molar-refractivity contribution in [1.82, 2.24) is 24.5 Å². The summed E-state index contributed by atoms with van der Waals surface area (Å²) in [6.45, 7) is 8.45. The number of fused-ring (bicyclic) bond motifs is 1. The number of likely N-dealkylation sites (tertiary alicyclic amines) is 1. The van der Waals surface area contributed by atoms with E-state index in [9.17, 15) is 14.4 Å². The molecule has 8 heteroatoms. The molecule has 1 unspecified atom stereocenters. The zero-order valence-electron chi connectivity index (χ0n) is 20.5. The smallest absolute Gasteiger partial charge is 0.275 e. The highest BCUT2D eigenvalue weighted by molar-refractivity contribution is 6.04. The standard InChI is InChI=1S/C26H37N5O3/c1-3-4-8-14-31-25(33)22-12-6-5-11-21(22)24(27-31)26(34)29-17-15-28(16-18-29)19-23(32)30-13-9-7-10-20(30)2/h5-6,11-12,20H,3-4,7-10,13-19H2,1-2H3. The zero-order valence-corrected chi connectivity index (χ0v) is 20.5. The average molecular weight is 468 g/mol. The molecule has 0 saturated carbocycles. The Bertz CT molecular complexity index is 1070. The minimum atomic E-state index is -0.143. The lowest BCUT2D eigenvalue weighted by Crippen LogP contribution is -2.53.